The number of carbonyl (C=O) groups excluding carboxylic acids is 1. The molecule has 0 aliphatic carbocycles. The molecular weight excluding hydrogens is 356 g/mol. The van der Waals surface area contributed by atoms with Crippen LogP contribution in [-0.2, 0) is 6.42 Å². The number of anilines is 1. The first-order chi connectivity index (χ1) is 13.6. The molecule has 0 spiro atoms. The lowest BCUT2D eigenvalue weighted by molar-refractivity contribution is -0.384. The average Bonchev–Trinajstić information content (AvgIpc) is 2.73. The smallest absolute Gasteiger partial charge is 0.269 e. The minimum absolute atomic E-state index is 0.0506. The van der Waals surface area contributed by atoms with Crippen molar-refractivity contribution >= 4 is 17.3 Å². The lowest BCUT2D eigenvalue weighted by atomic mass is 10.1. The van der Waals surface area contributed by atoms with Gasteiger partial charge in [-0.3, -0.25) is 14.9 Å². The molecule has 1 amide bonds. The minimum Gasteiger partial charge on any atom is -0.494 e. The first kappa shape index (κ1) is 19.1. The van der Waals surface area contributed by atoms with Gasteiger partial charge in [0.1, 0.15) is 5.75 Å². The van der Waals surface area contributed by atoms with Gasteiger partial charge in [0, 0.05) is 23.4 Å². The van der Waals surface area contributed by atoms with Crippen LogP contribution in [0.2, 0.25) is 0 Å². The van der Waals surface area contributed by atoms with Crippen LogP contribution in [0.5, 0.6) is 5.75 Å². The van der Waals surface area contributed by atoms with Gasteiger partial charge in [-0.1, -0.05) is 30.3 Å². The number of benzene rings is 3. The fourth-order valence-corrected chi connectivity index (χ4v) is 2.68. The molecule has 0 saturated heterocycles. The maximum atomic E-state index is 12.2. The van der Waals surface area contributed by atoms with Crippen LogP contribution in [0.3, 0.4) is 0 Å². The summed E-state index contributed by atoms with van der Waals surface area (Å²) in [5, 5.41) is 13.4. The van der Waals surface area contributed by atoms with Crippen molar-refractivity contribution in [1.82, 2.24) is 0 Å². The number of rotatable bonds is 8. The van der Waals surface area contributed by atoms with Gasteiger partial charge >= 0.3 is 0 Å². The third-order valence-electron chi connectivity index (χ3n) is 4.17. The van der Waals surface area contributed by atoms with Gasteiger partial charge in [0.25, 0.3) is 11.6 Å². The fraction of sp³-hybridized carbons (Fsp3) is 0.136. The van der Waals surface area contributed by atoms with Crippen LogP contribution in [0.25, 0.3) is 0 Å². The molecule has 0 aliphatic rings. The number of aryl methyl sites for hydroxylation is 1. The number of nitro benzene ring substituents is 1. The van der Waals surface area contributed by atoms with E-state index in [1.807, 2.05) is 18.2 Å². The molecule has 0 unspecified atom stereocenters. The molecule has 142 valence electrons. The molecule has 6 nitrogen and oxygen atoms in total. The molecule has 3 aromatic rings. The quantitative estimate of drug-likeness (QED) is 0.346. The van der Waals surface area contributed by atoms with Gasteiger partial charge in [-0.15, -0.1) is 0 Å². The van der Waals surface area contributed by atoms with Crippen molar-refractivity contribution in [3.8, 4) is 5.75 Å². The van der Waals surface area contributed by atoms with Crippen molar-refractivity contribution in [2.24, 2.45) is 0 Å². The highest BCUT2D eigenvalue weighted by Crippen LogP contribution is 2.18. The Hall–Kier alpha value is -3.67. The Morgan fingerprint density at radius 3 is 2.25 bits per heavy atom. The van der Waals surface area contributed by atoms with Crippen LogP contribution in [0.1, 0.15) is 22.3 Å². The second-order valence-electron chi connectivity index (χ2n) is 6.22. The van der Waals surface area contributed by atoms with Crippen LogP contribution in [0.15, 0.2) is 78.9 Å². The number of amides is 1. The van der Waals surface area contributed by atoms with E-state index < -0.39 is 4.92 Å². The van der Waals surface area contributed by atoms with Crippen molar-refractivity contribution in [3.63, 3.8) is 0 Å². The predicted octanol–water partition coefficient (Wildman–Crippen LogP) is 4.86. The Balaban J connectivity index is 1.47. The number of non-ortho nitro benzene ring substituents is 1. The molecule has 0 aromatic heterocycles. The molecule has 0 bridgehead atoms. The number of nitrogens with zero attached hydrogens (tertiary/aromatic N) is 1. The third kappa shape index (κ3) is 5.41. The van der Waals surface area contributed by atoms with Gasteiger partial charge in [0.15, 0.2) is 0 Å². The van der Waals surface area contributed by atoms with Gasteiger partial charge in [-0.25, -0.2) is 0 Å². The summed E-state index contributed by atoms with van der Waals surface area (Å²) >= 11 is 0. The SMILES string of the molecule is O=C(Nc1ccc(OCCCc2ccccc2)cc1)c1ccc([N+](=O)[O-])cc1. The van der Waals surface area contributed by atoms with Crippen LogP contribution < -0.4 is 10.1 Å². The topological polar surface area (TPSA) is 81.5 Å². The second kappa shape index (κ2) is 9.32. The summed E-state index contributed by atoms with van der Waals surface area (Å²) in [5.41, 5.74) is 2.22. The Morgan fingerprint density at radius 1 is 0.929 bits per heavy atom. The Morgan fingerprint density at radius 2 is 1.61 bits per heavy atom. The fourth-order valence-electron chi connectivity index (χ4n) is 2.68. The highest BCUT2D eigenvalue weighted by molar-refractivity contribution is 6.04. The zero-order chi connectivity index (χ0) is 19.8. The van der Waals surface area contributed by atoms with Crippen LogP contribution in [0, 0.1) is 10.1 Å². The lowest BCUT2D eigenvalue weighted by Gasteiger charge is -2.08. The van der Waals surface area contributed by atoms with Crippen molar-refractivity contribution in [2.45, 2.75) is 12.8 Å². The summed E-state index contributed by atoms with van der Waals surface area (Å²) < 4.78 is 5.73. The van der Waals surface area contributed by atoms with Crippen molar-refractivity contribution in [2.75, 3.05) is 11.9 Å². The van der Waals surface area contributed by atoms with Crippen molar-refractivity contribution in [3.05, 3.63) is 100 Å². The highest BCUT2D eigenvalue weighted by Gasteiger charge is 2.09. The summed E-state index contributed by atoms with van der Waals surface area (Å²) in [6, 6.07) is 22.8. The molecule has 0 heterocycles. The third-order valence-corrected chi connectivity index (χ3v) is 4.17. The van der Waals surface area contributed by atoms with Crippen LogP contribution in [-0.4, -0.2) is 17.4 Å². The van der Waals surface area contributed by atoms with Crippen LogP contribution >= 0.6 is 0 Å². The Labute approximate surface area is 162 Å². The molecule has 0 aliphatic heterocycles. The highest BCUT2D eigenvalue weighted by atomic mass is 16.6. The van der Waals surface area contributed by atoms with Gasteiger partial charge in [-0.05, 0) is 54.8 Å². The van der Waals surface area contributed by atoms with Crippen LogP contribution in [0.4, 0.5) is 11.4 Å². The number of nitro groups is 1. The van der Waals surface area contributed by atoms with Gasteiger partial charge in [0.05, 0.1) is 11.5 Å². The molecule has 0 fully saturated rings. The second-order valence-corrected chi connectivity index (χ2v) is 6.22. The number of hydrogen-bond donors (Lipinski definition) is 1. The van der Waals surface area contributed by atoms with E-state index >= 15 is 0 Å². The van der Waals surface area contributed by atoms with Crippen molar-refractivity contribution in [1.29, 1.82) is 0 Å². The molecule has 0 radical (unpaired) electrons. The van der Waals surface area contributed by atoms with Gasteiger partial charge in [-0.2, -0.15) is 0 Å². The van der Waals surface area contributed by atoms with Gasteiger partial charge < -0.3 is 10.1 Å². The maximum Gasteiger partial charge on any atom is 0.269 e. The number of nitrogens with one attached hydrogen (secondary N) is 1. The molecular formula is C22H20N2O4. The summed E-state index contributed by atoms with van der Waals surface area (Å²) in [5.74, 6) is 0.410. The van der Waals surface area contributed by atoms with E-state index in [4.69, 9.17) is 4.74 Å². The minimum atomic E-state index is -0.500. The van der Waals surface area contributed by atoms with E-state index in [0.717, 1.165) is 18.6 Å². The first-order valence-corrected chi connectivity index (χ1v) is 8.94. The lowest BCUT2D eigenvalue weighted by Crippen LogP contribution is -2.11. The number of hydrogen-bond acceptors (Lipinski definition) is 4. The average molecular weight is 376 g/mol. The number of carbonyl (C=O) groups is 1. The normalized spacial score (nSPS) is 10.3. The molecule has 0 saturated carbocycles. The summed E-state index contributed by atoms with van der Waals surface area (Å²) in [7, 11) is 0. The Kier molecular flexibility index (Phi) is 6.36. The monoisotopic (exact) mass is 376 g/mol. The zero-order valence-electron chi connectivity index (χ0n) is 15.2. The summed E-state index contributed by atoms with van der Waals surface area (Å²) in [6.07, 6.45) is 1.88. The largest absolute Gasteiger partial charge is 0.494 e. The molecule has 0 atom stereocenters. The van der Waals surface area contributed by atoms with E-state index in [-0.39, 0.29) is 11.6 Å². The number of ether oxygens (including phenoxy) is 1. The van der Waals surface area contributed by atoms with E-state index in [1.165, 1.54) is 29.8 Å². The predicted molar refractivity (Wildman–Crippen MR) is 108 cm³/mol. The van der Waals surface area contributed by atoms with Crippen molar-refractivity contribution < 1.29 is 14.5 Å². The summed E-state index contributed by atoms with van der Waals surface area (Å²) in [6.45, 7) is 0.614. The summed E-state index contributed by atoms with van der Waals surface area (Å²) in [4.78, 5) is 22.4. The standard InChI is InChI=1S/C22H20N2O4/c25-22(18-8-12-20(13-9-18)24(26)27)23-19-10-14-21(15-11-19)28-16-4-7-17-5-2-1-3-6-17/h1-3,5-6,8-15H,4,7,16H2,(H,23,25). The Bertz CT molecular complexity index is 923. The molecule has 3 aromatic carbocycles. The maximum absolute atomic E-state index is 12.2. The first-order valence-electron chi connectivity index (χ1n) is 8.94. The molecule has 28 heavy (non-hydrogen) atoms. The molecule has 1 N–H and O–H groups in total. The molecule has 6 heteroatoms. The zero-order valence-corrected chi connectivity index (χ0v) is 15.2. The van der Waals surface area contributed by atoms with E-state index in [9.17, 15) is 14.9 Å². The van der Waals surface area contributed by atoms with E-state index in [2.05, 4.69) is 17.4 Å². The van der Waals surface area contributed by atoms with Gasteiger partial charge in [0.2, 0.25) is 0 Å². The van der Waals surface area contributed by atoms with E-state index in [0.29, 0.717) is 17.9 Å². The van der Waals surface area contributed by atoms with E-state index in [1.54, 1.807) is 24.3 Å². The molecule has 3 rings (SSSR count).